The van der Waals surface area contributed by atoms with Gasteiger partial charge in [-0.15, -0.1) is 84.4 Å². The van der Waals surface area contributed by atoms with Crippen molar-refractivity contribution in [2.75, 3.05) is 0 Å². The summed E-state index contributed by atoms with van der Waals surface area (Å²) in [7, 11) is 0. The van der Waals surface area contributed by atoms with Crippen molar-refractivity contribution >= 4 is 21.9 Å². The van der Waals surface area contributed by atoms with Gasteiger partial charge >= 0.3 is 20.1 Å². The summed E-state index contributed by atoms with van der Waals surface area (Å²) >= 11 is 0. The number of pyridine rings is 3. The molecule has 0 amide bonds. The van der Waals surface area contributed by atoms with Gasteiger partial charge in [-0.1, -0.05) is 151 Å². The average Bonchev–Trinajstić information content (AvgIpc) is 3.74. The minimum absolute atomic E-state index is 0. The van der Waals surface area contributed by atoms with Crippen LogP contribution in [0.15, 0.2) is 199 Å². The molecule has 11 aromatic rings. The molecule has 4 heterocycles. The van der Waals surface area contributed by atoms with E-state index in [-0.39, 0.29) is 30.9 Å². The predicted molar refractivity (Wildman–Crippen MR) is 331 cm³/mol. The van der Waals surface area contributed by atoms with Gasteiger partial charge in [0.15, 0.2) is 0 Å². The van der Waals surface area contributed by atoms with Gasteiger partial charge < -0.3 is 9.40 Å². The molecular formula is C77H62IrN5O. The molecular weight excluding hydrogens is 1200 g/mol. The van der Waals surface area contributed by atoms with Crippen LogP contribution < -0.4 is 0 Å². The van der Waals surface area contributed by atoms with E-state index in [1.54, 1.807) is 12.1 Å². The fraction of sp³-hybridized carbons (Fsp3) is 0.234. The molecule has 410 valence electrons. The van der Waals surface area contributed by atoms with Gasteiger partial charge in [-0.3, -0.25) is 9.97 Å². The molecule has 3 aliphatic carbocycles. The summed E-state index contributed by atoms with van der Waals surface area (Å²) in [5.41, 5.74) is 20.9. The van der Waals surface area contributed by atoms with Crippen molar-refractivity contribution in [3.8, 4) is 68.2 Å². The smallest absolute Gasteiger partial charge is 0.456 e. The van der Waals surface area contributed by atoms with E-state index in [0.717, 1.165) is 109 Å². The Labute approximate surface area is 506 Å². The topological polar surface area (TPSA) is 99.4 Å². The molecule has 7 heteroatoms. The van der Waals surface area contributed by atoms with Crippen molar-refractivity contribution in [3.63, 3.8) is 0 Å². The summed E-state index contributed by atoms with van der Waals surface area (Å²) in [5.74, 6) is 0.806. The number of aromatic nitrogens is 3. The zero-order valence-electron chi connectivity index (χ0n) is 47.0. The number of rotatable bonds is 13. The third-order valence-electron chi connectivity index (χ3n) is 18.9. The number of fused-ring (bicyclic) bond motifs is 3. The van der Waals surface area contributed by atoms with E-state index in [0.29, 0.717) is 23.0 Å². The summed E-state index contributed by atoms with van der Waals surface area (Å²) < 4.78 is 6.39. The molecule has 0 atom stereocenters. The summed E-state index contributed by atoms with van der Waals surface area (Å²) in [6.45, 7) is 0. The van der Waals surface area contributed by atoms with E-state index < -0.39 is 0 Å². The predicted octanol–water partition coefficient (Wildman–Crippen LogP) is 18.8. The number of nitrogens with zero attached hydrogens (tertiary/aromatic N) is 5. The minimum Gasteiger partial charge on any atom is -0.456 e. The summed E-state index contributed by atoms with van der Waals surface area (Å²) in [6.07, 6.45) is 21.5. The van der Waals surface area contributed by atoms with Crippen LogP contribution in [-0.4, -0.2) is 15.0 Å². The van der Waals surface area contributed by atoms with Crippen molar-refractivity contribution in [3.05, 3.63) is 257 Å². The average molecular weight is 1270 g/mol. The van der Waals surface area contributed by atoms with Crippen molar-refractivity contribution in [2.24, 2.45) is 0 Å². The first-order valence-electron chi connectivity index (χ1n) is 29.8. The molecule has 0 aliphatic heterocycles. The third kappa shape index (κ3) is 10.7. The first-order chi connectivity index (χ1) is 40.9. The minimum atomic E-state index is -0.0815. The number of hydrogen-bond donors (Lipinski definition) is 0. The van der Waals surface area contributed by atoms with Crippen molar-refractivity contribution in [1.29, 1.82) is 10.5 Å². The Balaban J connectivity index is 0.00000658. The molecule has 3 aliphatic rings. The van der Waals surface area contributed by atoms with Crippen molar-refractivity contribution in [1.82, 2.24) is 15.0 Å². The zero-order chi connectivity index (χ0) is 55.7. The number of para-hydroxylation sites is 1. The SMILES string of the molecule is N#Cc1[c-]c(-c2ccc(C3(Cc4cc(CC5(c6ccc(-c7[c-]c(C#N)ccc7)nc6)CCCC5)cc(-c5ccccc5-c5cnc(-c6[c-]cccc6)cc5C5CCC(c6ccc7c(c6)oc6ccccc67)CC5)c4)CCCC3)cn2)ccc1.[Ir+3]. The van der Waals surface area contributed by atoms with Gasteiger partial charge in [-0.2, -0.15) is 0 Å². The Bertz CT molecular complexity index is 4120. The maximum absolute atomic E-state index is 9.65. The van der Waals surface area contributed by atoms with Crippen molar-refractivity contribution < 1.29 is 24.5 Å². The zero-order valence-corrected chi connectivity index (χ0v) is 49.4. The van der Waals surface area contributed by atoms with Crippen LogP contribution in [0.3, 0.4) is 0 Å². The number of hydrogen-bond acceptors (Lipinski definition) is 6. The first-order valence-corrected chi connectivity index (χ1v) is 29.8. The molecule has 14 rings (SSSR count). The summed E-state index contributed by atoms with van der Waals surface area (Å²) in [5, 5.41) is 21.6. The van der Waals surface area contributed by atoms with E-state index in [2.05, 4.69) is 170 Å². The molecule has 0 spiro atoms. The molecule has 0 saturated heterocycles. The van der Waals surface area contributed by atoms with Gasteiger partial charge in [0.1, 0.15) is 11.2 Å². The quantitative estimate of drug-likeness (QED) is 0.107. The fourth-order valence-corrected chi connectivity index (χ4v) is 14.7. The number of nitriles is 2. The van der Waals surface area contributed by atoms with Crippen LogP contribution in [0.5, 0.6) is 0 Å². The van der Waals surface area contributed by atoms with Gasteiger partial charge in [0.05, 0.1) is 0 Å². The van der Waals surface area contributed by atoms with Crippen LogP contribution in [0.2, 0.25) is 0 Å². The molecule has 0 bridgehead atoms. The van der Waals surface area contributed by atoms with Crippen LogP contribution in [0, 0.1) is 40.9 Å². The number of furan rings is 1. The Kier molecular flexibility index (Phi) is 15.3. The van der Waals surface area contributed by atoms with Gasteiger partial charge in [0, 0.05) is 57.1 Å². The second-order valence-corrected chi connectivity index (χ2v) is 23.8. The Morgan fingerprint density at radius 1 is 0.476 bits per heavy atom. The molecule has 7 aromatic carbocycles. The van der Waals surface area contributed by atoms with Crippen molar-refractivity contribution in [2.45, 2.75) is 113 Å². The molecule has 84 heavy (non-hydrogen) atoms. The maximum Gasteiger partial charge on any atom is 3.00 e. The van der Waals surface area contributed by atoms with E-state index in [4.69, 9.17) is 19.4 Å². The van der Waals surface area contributed by atoms with Crippen LogP contribution in [-0.2, 0) is 43.8 Å². The maximum atomic E-state index is 9.65. The van der Waals surface area contributed by atoms with Crippen LogP contribution in [0.4, 0.5) is 0 Å². The van der Waals surface area contributed by atoms with Gasteiger partial charge in [0.25, 0.3) is 0 Å². The van der Waals surface area contributed by atoms with Gasteiger partial charge in [-0.25, -0.2) is 10.5 Å². The van der Waals surface area contributed by atoms with E-state index >= 15 is 0 Å². The largest absolute Gasteiger partial charge is 3.00 e. The Morgan fingerprint density at radius 2 is 1.04 bits per heavy atom. The number of benzene rings is 7. The molecule has 0 radical (unpaired) electrons. The van der Waals surface area contributed by atoms with Crippen LogP contribution in [0.25, 0.3) is 78.0 Å². The molecule has 3 fully saturated rings. The summed E-state index contributed by atoms with van der Waals surface area (Å²) in [6, 6.07) is 77.2. The summed E-state index contributed by atoms with van der Waals surface area (Å²) in [4.78, 5) is 15.4. The van der Waals surface area contributed by atoms with Crippen LogP contribution >= 0.6 is 0 Å². The Morgan fingerprint density at radius 3 is 1.63 bits per heavy atom. The van der Waals surface area contributed by atoms with Crippen LogP contribution in [0.1, 0.15) is 133 Å². The normalized spacial score (nSPS) is 17.1. The fourth-order valence-electron chi connectivity index (χ4n) is 14.7. The van der Waals surface area contributed by atoms with Gasteiger partial charge in [0.2, 0.25) is 0 Å². The Hall–Kier alpha value is -8.58. The molecule has 4 aromatic heterocycles. The van der Waals surface area contributed by atoms with E-state index in [9.17, 15) is 10.5 Å². The molecule has 6 nitrogen and oxygen atoms in total. The third-order valence-corrected chi connectivity index (χ3v) is 18.9. The second-order valence-electron chi connectivity index (χ2n) is 23.8. The first kappa shape index (κ1) is 54.7. The van der Waals surface area contributed by atoms with E-state index in [1.807, 2.05) is 42.5 Å². The monoisotopic (exact) mass is 1270 g/mol. The molecule has 0 N–H and O–H groups in total. The molecule has 3 saturated carbocycles. The molecule has 0 unspecified atom stereocenters. The second kappa shape index (κ2) is 23.6. The van der Waals surface area contributed by atoms with E-state index in [1.165, 1.54) is 92.1 Å². The van der Waals surface area contributed by atoms with Gasteiger partial charge in [-0.05, 0) is 156 Å². The standard InChI is InChI=1S/C77H62N5O.Ir/c78-47-52-14-12-18-60(39-52)71-32-29-63(49-80-71)76(34-8-9-35-76)45-54-38-55(46-77(36-10-11-37-77)64-30-33-72(81-50-64)61-19-13-15-53(40-61)48-79)42-62(41-54)65-20-4-5-21-66(65)70-51-82-73(58-16-2-1-3-17-58)44-69(70)57-26-24-56(25-27-57)59-28-31-68-67-22-6-7-23-74(67)83-75(68)43-59;/h1-7,12-16,18-23,28-33,38,41-44,49-51,56-57H,8-11,24-27,34-37,45-46H2;/q-3;+3.